The molecule has 2 heterocycles. The van der Waals surface area contributed by atoms with Crippen molar-refractivity contribution in [2.24, 2.45) is 5.92 Å². The van der Waals surface area contributed by atoms with Crippen LogP contribution >= 0.6 is 0 Å². The molecule has 1 atom stereocenters. The SMILES string of the molecule is C[C@H](c1nnc(-c2ccccc2)o1)N(C)CC1CCN(CCO)CC1. The number of piperidine rings is 1. The highest BCUT2D eigenvalue weighted by Gasteiger charge is 2.24. The van der Waals surface area contributed by atoms with E-state index < -0.39 is 0 Å². The fourth-order valence-corrected chi connectivity index (χ4v) is 3.39. The fraction of sp³-hybridized carbons (Fsp3) is 0.579. The summed E-state index contributed by atoms with van der Waals surface area (Å²) in [6.45, 7) is 6.34. The van der Waals surface area contributed by atoms with Crippen LogP contribution in [-0.4, -0.2) is 64.9 Å². The average molecular weight is 344 g/mol. The molecule has 0 saturated carbocycles. The summed E-state index contributed by atoms with van der Waals surface area (Å²) in [5, 5.41) is 17.5. The van der Waals surface area contributed by atoms with Crippen molar-refractivity contribution in [3.05, 3.63) is 36.2 Å². The predicted molar refractivity (Wildman–Crippen MR) is 97.0 cm³/mol. The van der Waals surface area contributed by atoms with E-state index in [1.54, 1.807) is 0 Å². The van der Waals surface area contributed by atoms with Gasteiger partial charge in [-0.25, -0.2) is 0 Å². The summed E-state index contributed by atoms with van der Waals surface area (Å²) in [5.74, 6) is 1.92. The lowest BCUT2D eigenvalue weighted by molar-refractivity contribution is 0.116. The van der Waals surface area contributed by atoms with E-state index in [2.05, 4.69) is 34.0 Å². The van der Waals surface area contributed by atoms with Crippen molar-refractivity contribution in [3.8, 4) is 11.5 Å². The molecule has 6 heteroatoms. The van der Waals surface area contributed by atoms with Gasteiger partial charge in [0.1, 0.15) is 0 Å². The van der Waals surface area contributed by atoms with Gasteiger partial charge >= 0.3 is 0 Å². The van der Waals surface area contributed by atoms with Crippen LogP contribution in [0.15, 0.2) is 34.7 Å². The molecule has 0 unspecified atom stereocenters. The number of rotatable bonds is 7. The van der Waals surface area contributed by atoms with E-state index >= 15 is 0 Å². The molecule has 1 aromatic heterocycles. The van der Waals surface area contributed by atoms with E-state index in [1.807, 2.05) is 30.3 Å². The van der Waals surface area contributed by atoms with Gasteiger partial charge in [-0.3, -0.25) is 4.90 Å². The minimum Gasteiger partial charge on any atom is -0.419 e. The van der Waals surface area contributed by atoms with Crippen LogP contribution in [0.2, 0.25) is 0 Å². The fourth-order valence-electron chi connectivity index (χ4n) is 3.39. The highest BCUT2D eigenvalue weighted by atomic mass is 16.4. The maximum Gasteiger partial charge on any atom is 0.247 e. The molecule has 3 rings (SSSR count). The average Bonchev–Trinajstić information content (AvgIpc) is 3.14. The molecule has 25 heavy (non-hydrogen) atoms. The van der Waals surface area contributed by atoms with Crippen LogP contribution in [0.4, 0.5) is 0 Å². The lowest BCUT2D eigenvalue weighted by Gasteiger charge is -2.34. The Morgan fingerprint density at radius 3 is 2.64 bits per heavy atom. The van der Waals surface area contributed by atoms with Crippen molar-refractivity contribution >= 4 is 0 Å². The van der Waals surface area contributed by atoms with E-state index in [1.165, 1.54) is 12.8 Å². The number of hydrogen-bond donors (Lipinski definition) is 1. The second kappa shape index (κ2) is 8.56. The molecule has 2 aromatic rings. The maximum absolute atomic E-state index is 9.04. The van der Waals surface area contributed by atoms with E-state index in [4.69, 9.17) is 9.52 Å². The monoisotopic (exact) mass is 344 g/mol. The molecule has 1 fully saturated rings. The Morgan fingerprint density at radius 2 is 1.96 bits per heavy atom. The molecular weight excluding hydrogens is 316 g/mol. The molecule has 0 radical (unpaired) electrons. The molecular formula is C19H28N4O2. The van der Waals surface area contributed by atoms with Gasteiger partial charge in [-0.15, -0.1) is 10.2 Å². The molecule has 0 amide bonds. The molecule has 1 N–H and O–H groups in total. The molecule has 0 spiro atoms. The molecule has 1 aromatic carbocycles. The topological polar surface area (TPSA) is 65.6 Å². The van der Waals surface area contributed by atoms with Crippen molar-refractivity contribution in [2.45, 2.75) is 25.8 Å². The first-order valence-electron chi connectivity index (χ1n) is 9.09. The molecule has 0 bridgehead atoms. The van der Waals surface area contributed by atoms with Crippen LogP contribution in [0.3, 0.4) is 0 Å². The normalized spacial score (nSPS) is 17.9. The minimum absolute atomic E-state index is 0.0976. The minimum atomic E-state index is 0.0976. The predicted octanol–water partition coefficient (Wildman–Crippen LogP) is 2.43. The van der Waals surface area contributed by atoms with E-state index in [-0.39, 0.29) is 12.6 Å². The number of aromatic nitrogens is 2. The third kappa shape index (κ3) is 4.66. The number of nitrogens with zero attached hydrogens (tertiary/aromatic N) is 4. The standard InChI is InChI=1S/C19H28N4O2/c1-15(18-20-21-19(25-18)17-6-4-3-5-7-17)22(2)14-16-8-10-23(11-9-16)12-13-24/h3-7,15-16,24H,8-14H2,1-2H3/t15-/m1/s1. The molecule has 0 aliphatic carbocycles. The van der Waals surface area contributed by atoms with Gasteiger partial charge in [0.25, 0.3) is 0 Å². The summed E-state index contributed by atoms with van der Waals surface area (Å²) in [7, 11) is 2.12. The summed E-state index contributed by atoms with van der Waals surface area (Å²) in [6.07, 6.45) is 2.35. The highest BCUT2D eigenvalue weighted by Crippen LogP contribution is 2.25. The van der Waals surface area contributed by atoms with Crippen LogP contribution in [0.25, 0.3) is 11.5 Å². The van der Waals surface area contributed by atoms with Gasteiger partial charge in [0, 0.05) is 18.7 Å². The van der Waals surface area contributed by atoms with Crippen LogP contribution in [0, 0.1) is 5.92 Å². The first-order valence-corrected chi connectivity index (χ1v) is 9.09. The van der Waals surface area contributed by atoms with Crippen LogP contribution < -0.4 is 0 Å². The summed E-state index contributed by atoms with van der Waals surface area (Å²) in [4.78, 5) is 4.64. The van der Waals surface area contributed by atoms with Crippen molar-refractivity contribution in [1.29, 1.82) is 0 Å². The van der Waals surface area contributed by atoms with E-state index in [0.717, 1.165) is 31.7 Å². The Hall–Kier alpha value is -1.76. The van der Waals surface area contributed by atoms with Gasteiger partial charge in [-0.2, -0.15) is 0 Å². The third-order valence-electron chi connectivity index (χ3n) is 5.15. The second-order valence-electron chi connectivity index (χ2n) is 6.94. The number of aliphatic hydroxyl groups is 1. The van der Waals surface area contributed by atoms with Gasteiger partial charge in [0.15, 0.2) is 0 Å². The van der Waals surface area contributed by atoms with Gasteiger partial charge < -0.3 is 14.4 Å². The van der Waals surface area contributed by atoms with Gasteiger partial charge in [0.05, 0.1) is 12.6 Å². The van der Waals surface area contributed by atoms with Crippen LogP contribution in [0.5, 0.6) is 0 Å². The lowest BCUT2D eigenvalue weighted by atomic mass is 9.96. The van der Waals surface area contributed by atoms with Crippen molar-refractivity contribution in [2.75, 3.05) is 39.8 Å². The summed E-state index contributed by atoms with van der Waals surface area (Å²) < 4.78 is 5.89. The Bertz CT molecular complexity index is 638. The zero-order valence-electron chi connectivity index (χ0n) is 15.1. The van der Waals surface area contributed by atoms with Gasteiger partial charge in [-0.05, 0) is 58.0 Å². The Morgan fingerprint density at radius 1 is 1.24 bits per heavy atom. The van der Waals surface area contributed by atoms with E-state index in [0.29, 0.717) is 17.7 Å². The zero-order chi connectivity index (χ0) is 17.6. The van der Waals surface area contributed by atoms with Gasteiger partial charge in [0.2, 0.25) is 11.8 Å². The molecule has 1 aliphatic rings. The summed E-state index contributed by atoms with van der Waals surface area (Å²) in [6, 6.07) is 9.97. The molecule has 1 aliphatic heterocycles. The quantitative estimate of drug-likeness (QED) is 0.832. The summed E-state index contributed by atoms with van der Waals surface area (Å²) >= 11 is 0. The summed E-state index contributed by atoms with van der Waals surface area (Å²) in [5.41, 5.74) is 0.951. The molecule has 1 saturated heterocycles. The Balaban J connectivity index is 1.54. The third-order valence-corrected chi connectivity index (χ3v) is 5.15. The first-order chi connectivity index (χ1) is 12.2. The lowest BCUT2D eigenvalue weighted by Crippen LogP contribution is -2.39. The van der Waals surface area contributed by atoms with Crippen LogP contribution in [0.1, 0.15) is 31.7 Å². The number of benzene rings is 1. The first kappa shape index (κ1) is 18.0. The number of likely N-dealkylation sites (tertiary alicyclic amines) is 1. The number of aliphatic hydroxyl groups excluding tert-OH is 1. The maximum atomic E-state index is 9.04. The Labute approximate surface area is 149 Å². The zero-order valence-corrected chi connectivity index (χ0v) is 15.1. The highest BCUT2D eigenvalue weighted by molar-refractivity contribution is 5.51. The van der Waals surface area contributed by atoms with E-state index in [9.17, 15) is 0 Å². The van der Waals surface area contributed by atoms with Gasteiger partial charge in [-0.1, -0.05) is 18.2 Å². The van der Waals surface area contributed by atoms with Crippen molar-refractivity contribution in [3.63, 3.8) is 0 Å². The number of β-amino-alcohol motifs (C(OH)–C–C–N with tert-alkyl or cyclic N) is 1. The Kier molecular flexibility index (Phi) is 6.18. The largest absolute Gasteiger partial charge is 0.419 e. The van der Waals surface area contributed by atoms with Crippen molar-refractivity contribution < 1.29 is 9.52 Å². The molecule has 136 valence electrons. The van der Waals surface area contributed by atoms with Crippen molar-refractivity contribution in [1.82, 2.24) is 20.0 Å². The second-order valence-corrected chi connectivity index (χ2v) is 6.94. The number of hydrogen-bond acceptors (Lipinski definition) is 6. The van der Waals surface area contributed by atoms with Crippen LogP contribution in [-0.2, 0) is 0 Å². The smallest absolute Gasteiger partial charge is 0.247 e. The molecule has 6 nitrogen and oxygen atoms in total.